The molecule has 0 saturated carbocycles. The summed E-state index contributed by atoms with van der Waals surface area (Å²) in [6, 6.07) is 0. The number of rotatable bonds is 5. The van der Waals surface area contributed by atoms with Gasteiger partial charge in [-0.25, -0.2) is 0 Å². The third-order valence-corrected chi connectivity index (χ3v) is 10.5. The number of benzene rings is 2. The van der Waals surface area contributed by atoms with Crippen LogP contribution in [0, 0.1) is 30.6 Å². The van der Waals surface area contributed by atoms with E-state index in [-0.39, 0.29) is 50.6 Å². The zero-order valence-electron chi connectivity index (χ0n) is 33.6. The van der Waals surface area contributed by atoms with Crippen molar-refractivity contribution < 1.29 is 63.7 Å². The number of phenols is 3. The van der Waals surface area contributed by atoms with Gasteiger partial charge in [0.15, 0.2) is 5.75 Å². The summed E-state index contributed by atoms with van der Waals surface area (Å²) in [4.78, 5) is 45.4. The molecule has 9 unspecified atom stereocenters. The van der Waals surface area contributed by atoms with Crippen molar-refractivity contribution in [3.8, 4) is 23.0 Å². The molecule has 306 valence electrons. The highest BCUT2D eigenvalue weighted by molar-refractivity contribution is 6.23. The lowest BCUT2D eigenvalue weighted by molar-refractivity contribution is -0.160. The Hall–Kier alpha value is -5.12. The molecule has 0 aromatic heterocycles. The van der Waals surface area contributed by atoms with Crippen molar-refractivity contribution in [1.29, 1.82) is 0 Å². The highest BCUT2D eigenvalue weighted by Gasteiger charge is 2.50. The number of fused-ring (bicyclic) bond motifs is 14. The largest absolute Gasteiger partial charge is 0.507 e. The number of phenolic OH excluding ortho intramolecular Hbond substituents is 3. The predicted octanol–water partition coefficient (Wildman–Crippen LogP) is 5.51. The minimum atomic E-state index is -2.06. The Balaban J connectivity index is 1.97. The zero-order chi connectivity index (χ0) is 42.0. The number of aliphatic hydroxyl groups excluding tert-OH is 2. The average molecular weight is 783 g/mol. The molecule has 15 heteroatoms. The standard InChI is InChI=1S/C41H54N2O13/c1-18(2)56-42-17-26-31-36(49)29-28(35(26)48)30-38(24(8)34(29)47)55-41(10,39(30)50)53-16-15-27(52-11)21(5)37(54-25(9)44)23(7)33(46)22(6)32(45)19(3)13-12-14-20(4)40(51)43-31/h12-19,21-23,27,32-33,37,45-49H,1-11H3,(H,43,51). The van der Waals surface area contributed by atoms with Crippen molar-refractivity contribution in [3.05, 3.63) is 52.8 Å². The fraction of sp³-hybridized carbons (Fsp3) is 0.512. The number of aromatic hydroxyl groups is 3. The third-order valence-electron chi connectivity index (χ3n) is 10.5. The fourth-order valence-electron chi connectivity index (χ4n) is 7.08. The number of ether oxygens (including phenoxy) is 4. The average Bonchev–Trinajstić information content (AvgIpc) is 3.41. The first-order valence-corrected chi connectivity index (χ1v) is 18.4. The lowest BCUT2D eigenvalue weighted by Crippen LogP contribution is -2.46. The van der Waals surface area contributed by atoms with Crippen molar-refractivity contribution >= 4 is 40.3 Å². The van der Waals surface area contributed by atoms with E-state index in [4.69, 9.17) is 23.8 Å². The van der Waals surface area contributed by atoms with E-state index in [1.807, 2.05) is 0 Å². The lowest BCUT2D eigenvalue weighted by atomic mass is 9.78. The molecule has 1 amide bonds. The van der Waals surface area contributed by atoms with Gasteiger partial charge in [-0.1, -0.05) is 51.1 Å². The van der Waals surface area contributed by atoms with Gasteiger partial charge in [-0.2, -0.15) is 0 Å². The summed E-state index contributed by atoms with van der Waals surface area (Å²) in [5.74, 6) is -8.63. The second kappa shape index (κ2) is 17.3. The number of oxime groups is 1. The van der Waals surface area contributed by atoms with Gasteiger partial charge >= 0.3 is 11.8 Å². The van der Waals surface area contributed by atoms with Crippen LogP contribution < -0.4 is 10.1 Å². The van der Waals surface area contributed by atoms with E-state index in [1.54, 1.807) is 53.7 Å². The molecule has 2 aromatic carbocycles. The molecule has 5 rings (SSSR count). The number of hydrogen-bond donors (Lipinski definition) is 6. The number of methoxy groups -OCH3 is 1. The van der Waals surface area contributed by atoms with Gasteiger partial charge in [-0.05, 0) is 33.8 Å². The van der Waals surface area contributed by atoms with Crippen molar-refractivity contribution in [2.24, 2.45) is 28.8 Å². The molecule has 0 spiro atoms. The fourth-order valence-corrected chi connectivity index (χ4v) is 7.08. The Morgan fingerprint density at radius 2 is 1.62 bits per heavy atom. The van der Waals surface area contributed by atoms with Gasteiger partial charge in [0.1, 0.15) is 29.5 Å². The van der Waals surface area contributed by atoms with E-state index in [1.165, 1.54) is 53.2 Å². The number of carbonyl (C=O) groups excluding carboxylic acids is 3. The molecule has 56 heavy (non-hydrogen) atoms. The van der Waals surface area contributed by atoms with Crippen molar-refractivity contribution in [2.45, 2.75) is 106 Å². The monoisotopic (exact) mass is 782 g/mol. The lowest BCUT2D eigenvalue weighted by Gasteiger charge is -2.38. The van der Waals surface area contributed by atoms with Crippen LogP contribution in [0.5, 0.6) is 23.0 Å². The molecule has 3 aliphatic heterocycles. The Bertz CT molecular complexity index is 1970. The molecule has 0 radical (unpaired) electrons. The Labute approximate surface area is 326 Å². The van der Waals surface area contributed by atoms with Crippen molar-refractivity contribution in [1.82, 2.24) is 0 Å². The normalized spacial score (nSPS) is 29.1. The van der Waals surface area contributed by atoms with E-state index in [9.17, 15) is 39.9 Å². The number of ketones is 1. The Morgan fingerprint density at radius 3 is 2.23 bits per heavy atom. The summed E-state index contributed by atoms with van der Waals surface area (Å²) in [7, 11) is 1.43. The maximum Gasteiger partial charge on any atom is 0.312 e. The molecule has 6 N–H and O–H groups in total. The van der Waals surface area contributed by atoms with Gasteiger partial charge in [-0.15, -0.1) is 0 Å². The number of Topliss-reactive ketones (excluding diaryl/α,β-unsaturated/α-hetero) is 1. The van der Waals surface area contributed by atoms with Crippen LogP contribution in [0.3, 0.4) is 0 Å². The molecular weight excluding hydrogens is 728 g/mol. The number of esters is 1. The van der Waals surface area contributed by atoms with Crippen LogP contribution in [0.25, 0.3) is 10.8 Å². The van der Waals surface area contributed by atoms with Crippen molar-refractivity contribution in [2.75, 3.05) is 12.4 Å². The van der Waals surface area contributed by atoms with Crippen LogP contribution in [0.2, 0.25) is 0 Å². The molecular formula is C41H54N2O13. The number of allylic oxidation sites excluding steroid dienone is 2. The summed E-state index contributed by atoms with van der Waals surface area (Å²) in [6.45, 7) is 15.8. The summed E-state index contributed by atoms with van der Waals surface area (Å²) < 4.78 is 23.4. The number of aliphatic hydroxyl groups is 2. The third kappa shape index (κ3) is 8.49. The molecule has 15 nitrogen and oxygen atoms in total. The second-order valence-electron chi connectivity index (χ2n) is 15.0. The molecule has 9 atom stereocenters. The smallest absolute Gasteiger partial charge is 0.312 e. The van der Waals surface area contributed by atoms with E-state index >= 15 is 0 Å². The van der Waals surface area contributed by atoms with Gasteiger partial charge < -0.3 is 54.6 Å². The van der Waals surface area contributed by atoms with E-state index < -0.39 is 88.8 Å². The summed E-state index contributed by atoms with van der Waals surface area (Å²) in [6.07, 6.45) is 4.11. The first-order valence-electron chi connectivity index (χ1n) is 18.4. The molecule has 0 aliphatic carbocycles. The van der Waals surface area contributed by atoms with Crippen LogP contribution in [0.15, 0.2) is 41.3 Å². The maximum absolute atomic E-state index is 14.3. The quantitative estimate of drug-likeness (QED) is 0.0725. The number of carbonyl (C=O) groups is 3. The van der Waals surface area contributed by atoms with E-state index in [2.05, 4.69) is 10.5 Å². The van der Waals surface area contributed by atoms with E-state index in [0.29, 0.717) is 0 Å². The number of amides is 1. The first-order chi connectivity index (χ1) is 26.2. The van der Waals surface area contributed by atoms with Gasteiger partial charge in [0.25, 0.3) is 11.7 Å². The van der Waals surface area contributed by atoms with Crippen LogP contribution in [0.4, 0.5) is 5.69 Å². The maximum atomic E-state index is 14.3. The molecule has 0 saturated heterocycles. The minimum absolute atomic E-state index is 0.0334. The van der Waals surface area contributed by atoms with Gasteiger partial charge in [-0.3, -0.25) is 14.4 Å². The zero-order valence-corrected chi connectivity index (χ0v) is 33.6. The molecule has 3 aliphatic rings. The molecule has 2 aromatic rings. The van der Waals surface area contributed by atoms with Crippen LogP contribution >= 0.6 is 0 Å². The van der Waals surface area contributed by atoms with Crippen molar-refractivity contribution in [3.63, 3.8) is 0 Å². The topological polar surface area (TPSA) is 223 Å². The Morgan fingerprint density at radius 1 is 0.964 bits per heavy atom. The minimum Gasteiger partial charge on any atom is -0.507 e. The number of anilines is 1. The number of nitrogens with zero attached hydrogens (tertiary/aromatic N) is 1. The van der Waals surface area contributed by atoms with Gasteiger partial charge in [0.2, 0.25) is 0 Å². The van der Waals surface area contributed by atoms with Gasteiger partial charge in [0.05, 0.1) is 53.0 Å². The van der Waals surface area contributed by atoms with Gasteiger partial charge in [0, 0.05) is 61.2 Å². The highest BCUT2D eigenvalue weighted by Crippen LogP contribution is 2.55. The highest BCUT2D eigenvalue weighted by atomic mass is 16.7. The summed E-state index contributed by atoms with van der Waals surface area (Å²) in [5, 5.41) is 63.6. The molecule has 3 heterocycles. The van der Waals surface area contributed by atoms with E-state index in [0.717, 1.165) is 6.21 Å². The Kier molecular flexibility index (Phi) is 13.5. The van der Waals surface area contributed by atoms with Crippen LogP contribution in [-0.2, 0) is 28.6 Å². The number of nitrogens with one attached hydrogen (secondary N) is 1. The first kappa shape index (κ1) is 43.6. The van der Waals surface area contributed by atoms with Crippen LogP contribution in [0.1, 0.15) is 83.8 Å². The van der Waals surface area contributed by atoms with Crippen LogP contribution in [-0.4, -0.2) is 92.8 Å². The number of hydrogen-bond acceptors (Lipinski definition) is 14. The second-order valence-corrected chi connectivity index (χ2v) is 15.0. The SMILES string of the molecule is COC1C=COC2(C)Oc3c(C)c(O)c4c(O)c(c(C=NOC(C)C)c(O)c4c3C2=O)NC(=O)C(C)=CC=CC(C)C(O)C(C)C(O)C(C)C(OC(C)=O)C1C. The summed E-state index contributed by atoms with van der Waals surface area (Å²) >= 11 is 0. The molecule has 0 fully saturated rings. The summed E-state index contributed by atoms with van der Waals surface area (Å²) in [5.41, 5.74) is -0.618. The predicted molar refractivity (Wildman–Crippen MR) is 208 cm³/mol. The molecule has 5 bridgehead atoms.